The Morgan fingerprint density at radius 2 is 1.52 bits per heavy atom. The third-order valence-electron chi connectivity index (χ3n) is 6.71. The molecule has 0 aliphatic carbocycles. The highest BCUT2D eigenvalue weighted by molar-refractivity contribution is 5.97. The molecule has 0 radical (unpaired) electrons. The number of alkyl carbamates (subject to hydrolysis) is 1. The average molecular weight is 576 g/mol. The van der Waals surface area contributed by atoms with Crippen LogP contribution in [0.15, 0.2) is 73.1 Å². The van der Waals surface area contributed by atoms with Crippen LogP contribution in [0.2, 0.25) is 0 Å². The van der Waals surface area contributed by atoms with E-state index in [0.29, 0.717) is 23.7 Å². The van der Waals surface area contributed by atoms with Crippen molar-refractivity contribution in [3.8, 4) is 17.2 Å². The van der Waals surface area contributed by atoms with Crippen molar-refractivity contribution in [1.82, 2.24) is 20.1 Å². The first-order valence-corrected chi connectivity index (χ1v) is 14.5. The number of amides is 3. The molecule has 1 fully saturated rings. The summed E-state index contributed by atoms with van der Waals surface area (Å²) in [6.45, 7) is 8.73. The number of benzene rings is 2. The molecule has 1 aromatic heterocycles. The van der Waals surface area contributed by atoms with E-state index in [-0.39, 0.29) is 18.7 Å². The Labute approximate surface area is 247 Å². The summed E-state index contributed by atoms with van der Waals surface area (Å²) in [5.74, 6) is 0.680. The predicted molar refractivity (Wildman–Crippen MR) is 162 cm³/mol. The zero-order valence-corrected chi connectivity index (χ0v) is 24.6. The fraction of sp³-hybridized carbons (Fsp3) is 0.406. The molecule has 4 rings (SSSR count). The zero-order valence-electron chi connectivity index (χ0n) is 24.6. The van der Waals surface area contributed by atoms with Crippen molar-refractivity contribution in [2.45, 2.75) is 58.1 Å². The Morgan fingerprint density at radius 3 is 2.14 bits per heavy atom. The van der Waals surface area contributed by atoms with Crippen LogP contribution in [0, 0.1) is 0 Å². The van der Waals surface area contributed by atoms with Crippen LogP contribution in [0.25, 0.3) is 5.69 Å². The van der Waals surface area contributed by atoms with Crippen LogP contribution in [0.4, 0.5) is 10.5 Å². The summed E-state index contributed by atoms with van der Waals surface area (Å²) in [4.78, 5) is 40.4. The predicted octanol–water partition coefficient (Wildman–Crippen LogP) is 5.09. The van der Waals surface area contributed by atoms with Crippen LogP contribution in [0.3, 0.4) is 0 Å². The molecule has 3 amide bonds. The molecule has 10 heteroatoms. The molecule has 10 nitrogen and oxygen atoms in total. The lowest BCUT2D eigenvalue weighted by molar-refractivity contribution is -0.122. The van der Waals surface area contributed by atoms with E-state index in [1.54, 1.807) is 45.0 Å². The quantitative estimate of drug-likeness (QED) is 0.277. The number of carbonyl (C=O) groups is 3. The molecule has 224 valence electrons. The Bertz CT molecular complexity index is 1290. The van der Waals surface area contributed by atoms with Gasteiger partial charge in [0.25, 0.3) is 0 Å². The smallest absolute Gasteiger partial charge is 0.408 e. The molecule has 0 bridgehead atoms. The van der Waals surface area contributed by atoms with Gasteiger partial charge in [-0.15, -0.1) is 0 Å². The van der Waals surface area contributed by atoms with Crippen LogP contribution in [-0.4, -0.2) is 65.2 Å². The number of anilines is 1. The minimum absolute atomic E-state index is 0.0871. The molecule has 3 N–H and O–H groups in total. The van der Waals surface area contributed by atoms with Gasteiger partial charge in [0.1, 0.15) is 23.1 Å². The molecule has 42 heavy (non-hydrogen) atoms. The third-order valence-corrected chi connectivity index (χ3v) is 6.71. The lowest BCUT2D eigenvalue weighted by Crippen LogP contribution is -2.46. The number of aromatic nitrogens is 1. The molecule has 2 heterocycles. The molecule has 1 aliphatic heterocycles. The van der Waals surface area contributed by atoms with Gasteiger partial charge >= 0.3 is 6.09 Å². The minimum atomic E-state index is -0.959. The van der Waals surface area contributed by atoms with E-state index in [2.05, 4.69) is 20.9 Å². The van der Waals surface area contributed by atoms with E-state index in [4.69, 9.17) is 9.47 Å². The van der Waals surface area contributed by atoms with Crippen molar-refractivity contribution in [3.05, 3.63) is 73.1 Å². The monoisotopic (exact) mass is 575 g/mol. The normalized spacial score (nSPS) is 14.2. The highest BCUT2D eigenvalue weighted by Gasteiger charge is 2.25. The maximum Gasteiger partial charge on any atom is 0.408 e. The van der Waals surface area contributed by atoms with Crippen molar-refractivity contribution in [2.75, 3.05) is 31.5 Å². The topological polar surface area (TPSA) is 114 Å². The second-order valence-electron chi connectivity index (χ2n) is 11.3. The SMILES string of the molecule is CC(C)(C)OC(=O)NC(CCC(=O)NCCN1CCCC1)C(=O)Nc1ccc(Oc2ccc(-n3cccc3)cc2)cc1. The van der Waals surface area contributed by atoms with E-state index in [1.165, 1.54) is 12.8 Å². The molecule has 1 unspecified atom stereocenters. The van der Waals surface area contributed by atoms with Gasteiger partial charge in [0, 0.05) is 43.3 Å². The summed E-state index contributed by atoms with van der Waals surface area (Å²) < 4.78 is 13.3. The van der Waals surface area contributed by atoms with Crippen LogP contribution < -0.4 is 20.7 Å². The maximum absolute atomic E-state index is 13.2. The molecular formula is C32H41N5O5. The second kappa shape index (κ2) is 14.5. The van der Waals surface area contributed by atoms with E-state index in [0.717, 1.165) is 25.3 Å². The van der Waals surface area contributed by atoms with E-state index in [9.17, 15) is 14.4 Å². The molecule has 1 atom stereocenters. The minimum Gasteiger partial charge on any atom is -0.457 e. The molecule has 1 aliphatic rings. The summed E-state index contributed by atoms with van der Waals surface area (Å²) in [6.07, 6.45) is 5.83. The van der Waals surface area contributed by atoms with Gasteiger partial charge in [-0.25, -0.2) is 4.79 Å². The molecule has 0 spiro atoms. The summed E-state index contributed by atoms with van der Waals surface area (Å²) >= 11 is 0. The molecule has 3 aromatic rings. The van der Waals surface area contributed by atoms with Crippen LogP contribution >= 0.6 is 0 Å². The van der Waals surface area contributed by atoms with E-state index < -0.39 is 23.6 Å². The number of ether oxygens (including phenoxy) is 2. The largest absolute Gasteiger partial charge is 0.457 e. The van der Waals surface area contributed by atoms with E-state index in [1.807, 2.05) is 53.4 Å². The number of likely N-dealkylation sites (tertiary alicyclic amines) is 1. The van der Waals surface area contributed by atoms with Gasteiger partial charge in [0.2, 0.25) is 11.8 Å². The van der Waals surface area contributed by atoms with Crippen molar-refractivity contribution < 1.29 is 23.9 Å². The van der Waals surface area contributed by atoms with Gasteiger partial charge in [-0.05, 0) is 114 Å². The fourth-order valence-electron chi connectivity index (χ4n) is 4.61. The highest BCUT2D eigenvalue weighted by Crippen LogP contribution is 2.24. The van der Waals surface area contributed by atoms with Crippen molar-refractivity contribution in [1.29, 1.82) is 0 Å². The van der Waals surface area contributed by atoms with Gasteiger partial charge in [0.05, 0.1) is 0 Å². The second-order valence-corrected chi connectivity index (χ2v) is 11.3. The first-order valence-electron chi connectivity index (χ1n) is 14.5. The van der Waals surface area contributed by atoms with Gasteiger partial charge in [-0.1, -0.05) is 0 Å². The molecule has 0 saturated carbocycles. The van der Waals surface area contributed by atoms with Gasteiger partial charge in [-0.2, -0.15) is 0 Å². The number of hydrogen-bond donors (Lipinski definition) is 3. The van der Waals surface area contributed by atoms with Crippen LogP contribution in [0.1, 0.15) is 46.5 Å². The lowest BCUT2D eigenvalue weighted by Gasteiger charge is -2.23. The van der Waals surface area contributed by atoms with Crippen molar-refractivity contribution in [3.63, 3.8) is 0 Å². The molecular weight excluding hydrogens is 534 g/mol. The van der Waals surface area contributed by atoms with Gasteiger partial charge < -0.3 is 34.9 Å². The highest BCUT2D eigenvalue weighted by atomic mass is 16.6. The standard InChI is InChI=1S/C32H41N5O5/c1-32(2,3)42-31(40)35-28(16-17-29(38)33-18-23-36-19-4-5-20-36)30(39)34-24-8-12-26(13-9-24)41-27-14-10-25(11-15-27)37-21-6-7-22-37/h6-15,21-22,28H,4-5,16-20,23H2,1-3H3,(H,33,38)(H,34,39)(H,35,40). The number of carbonyl (C=O) groups excluding carboxylic acids is 3. The summed E-state index contributed by atoms with van der Waals surface area (Å²) in [5, 5.41) is 8.35. The zero-order chi connectivity index (χ0) is 30.0. The Hall–Kier alpha value is -4.31. The summed E-state index contributed by atoms with van der Waals surface area (Å²) in [7, 11) is 0. The molecule has 2 aromatic carbocycles. The number of hydrogen-bond acceptors (Lipinski definition) is 6. The van der Waals surface area contributed by atoms with Crippen molar-refractivity contribution in [2.24, 2.45) is 0 Å². The first kappa shape index (κ1) is 30.6. The maximum atomic E-state index is 13.2. The Morgan fingerprint density at radius 1 is 0.905 bits per heavy atom. The average Bonchev–Trinajstić information content (AvgIpc) is 3.67. The fourth-order valence-corrected chi connectivity index (χ4v) is 4.61. The van der Waals surface area contributed by atoms with Gasteiger partial charge in [0.15, 0.2) is 0 Å². The number of nitrogens with zero attached hydrogens (tertiary/aromatic N) is 2. The number of nitrogens with one attached hydrogen (secondary N) is 3. The van der Waals surface area contributed by atoms with E-state index >= 15 is 0 Å². The Balaban J connectivity index is 1.30. The summed E-state index contributed by atoms with van der Waals surface area (Å²) in [5.41, 5.74) is 0.831. The van der Waals surface area contributed by atoms with Crippen LogP contribution in [0.5, 0.6) is 11.5 Å². The molecule has 1 saturated heterocycles. The van der Waals surface area contributed by atoms with Crippen LogP contribution in [-0.2, 0) is 14.3 Å². The Kier molecular flexibility index (Phi) is 10.6. The number of rotatable bonds is 12. The third kappa shape index (κ3) is 9.95. The first-order chi connectivity index (χ1) is 20.1. The summed E-state index contributed by atoms with van der Waals surface area (Å²) in [6, 6.07) is 17.6. The lowest BCUT2D eigenvalue weighted by atomic mass is 10.1. The van der Waals surface area contributed by atoms with Crippen molar-refractivity contribution >= 4 is 23.6 Å². The van der Waals surface area contributed by atoms with Gasteiger partial charge in [-0.3, -0.25) is 9.59 Å².